The van der Waals surface area contributed by atoms with Gasteiger partial charge >= 0.3 is 18.1 Å². The molecule has 0 radical (unpaired) electrons. The summed E-state index contributed by atoms with van der Waals surface area (Å²) in [4.78, 5) is 35.8. The topological polar surface area (TPSA) is 122 Å². The highest BCUT2D eigenvalue weighted by Crippen LogP contribution is 2.33. The normalized spacial score (nSPS) is 13.9. The number of halogens is 4. The number of aromatic nitrogens is 2. The zero-order valence-corrected chi connectivity index (χ0v) is 24.5. The van der Waals surface area contributed by atoms with E-state index in [2.05, 4.69) is 21.0 Å². The van der Waals surface area contributed by atoms with Gasteiger partial charge in [-0.15, -0.1) is 0 Å². The summed E-state index contributed by atoms with van der Waals surface area (Å²) in [6, 6.07) is 15.6. The van der Waals surface area contributed by atoms with Crippen molar-refractivity contribution in [1.82, 2.24) is 9.78 Å². The molecular formula is C29H20BrF3N2O7S. The molecule has 0 amide bonds. The van der Waals surface area contributed by atoms with Crippen molar-refractivity contribution in [3.8, 4) is 22.3 Å². The molecule has 0 aliphatic carbocycles. The Kier molecular flexibility index (Phi) is 8.01. The molecule has 0 saturated heterocycles. The molecule has 1 aromatic heterocycles. The molecular weight excluding hydrogens is 657 g/mol. The maximum Gasteiger partial charge on any atom is 0.408 e. The Hall–Kier alpha value is -4.30. The molecule has 9 nitrogen and oxygen atoms in total. The number of carbonyl (C=O) groups is 2. The summed E-state index contributed by atoms with van der Waals surface area (Å²) >= 11 is 3.28. The van der Waals surface area contributed by atoms with Gasteiger partial charge in [0.25, 0.3) is 5.56 Å². The first-order valence-electron chi connectivity index (χ1n) is 12.4. The van der Waals surface area contributed by atoms with Gasteiger partial charge in [-0.2, -0.15) is 18.3 Å². The minimum atomic E-state index is -4.66. The molecule has 0 N–H and O–H groups in total. The van der Waals surface area contributed by atoms with Crippen molar-refractivity contribution in [2.45, 2.75) is 30.8 Å². The first kappa shape index (κ1) is 30.2. The van der Waals surface area contributed by atoms with Crippen molar-refractivity contribution in [2.24, 2.45) is 0 Å². The Balaban J connectivity index is 0.000000279. The number of hydrogen-bond acceptors (Lipinski definition) is 8. The fraction of sp³-hybridized carbons (Fsp3) is 0.172. The number of ether oxygens (including phenoxy) is 2. The van der Waals surface area contributed by atoms with Crippen molar-refractivity contribution in [3.05, 3.63) is 104 Å². The second-order valence-electron chi connectivity index (χ2n) is 9.63. The Morgan fingerprint density at radius 1 is 0.837 bits per heavy atom. The molecule has 2 aliphatic rings. The van der Waals surface area contributed by atoms with E-state index in [4.69, 9.17) is 9.47 Å². The molecule has 0 fully saturated rings. The lowest BCUT2D eigenvalue weighted by atomic mass is 9.95. The molecule has 0 spiro atoms. The average Bonchev–Trinajstić information content (AvgIpc) is 3.50. The Morgan fingerprint density at radius 2 is 1.47 bits per heavy atom. The molecule has 43 heavy (non-hydrogen) atoms. The molecule has 6 rings (SSSR count). The smallest absolute Gasteiger partial charge is 0.408 e. The van der Waals surface area contributed by atoms with Gasteiger partial charge in [-0.05, 0) is 47.5 Å². The van der Waals surface area contributed by atoms with E-state index >= 15 is 0 Å². The SMILES string of the molecule is CS(=O)(=O)c1ccc(-c2cnn(CC(F)(F)F)c(=O)c2-c2ccc3c(c2)COC3=O)cc1.O=C1OCc2ccc(Br)cc21. The molecule has 0 saturated carbocycles. The van der Waals surface area contributed by atoms with Gasteiger partial charge in [0.1, 0.15) is 19.8 Å². The molecule has 222 valence electrons. The Bertz CT molecular complexity index is 1940. The van der Waals surface area contributed by atoms with E-state index in [0.29, 0.717) is 33.5 Å². The summed E-state index contributed by atoms with van der Waals surface area (Å²) in [6.45, 7) is -1.16. The van der Waals surface area contributed by atoms with Crippen molar-refractivity contribution < 1.29 is 40.7 Å². The van der Waals surface area contributed by atoms with Crippen LogP contribution in [0.5, 0.6) is 0 Å². The van der Waals surface area contributed by atoms with E-state index in [-0.39, 0.29) is 34.2 Å². The number of nitrogens with zero attached hydrogens (tertiary/aromatic N) is 2. The third kappa shape index (κ3) is 6.54. The summed E-state index contributed by atoms with van der Waals surface area (Å²) < 4.78 is 73.3. The van der Waals surface area contributed by atoms with Crippen LogP contribution in [0.4, 0.5) is 13.2 Å². The van der Waals surface area contributed by atoms with E-state index in [1.165, 1.54) is 42.5 Å². The fourth-order valence-electron chi connectivity index (χ4n) is 4.53. The quantitative estimate of drug-likeness (QED) is 0.266. The third-order valence-electron chi connectivity index (χ3n) is 6.59. The number of rotatable bonds is 4. The first-order chi connectivity index (χ1) is 20.2. The molecule has 3 aromatic carbocycles. The van der Waals surface area contributed by atoms with Crippen LogP contribution in [0.15, 0.2) is 81.0 Å². The van der Waals surface area contributed by atoms with Gasteiger partial charge in [0.15, 0.2) is 9.84 Å². The molecule has 3 heterocycles. The number of fused-ring (bicyclic) bond motifs is 2. The van der Waals surface area contributed by atoms with E-state index < -0.39 is 34.1 Å². The fourth-order valence-corrected chi connectivity index (χ4v) is 5.52. The molecule has 2 aliphatic heterocycles. The van der Waals surface area contributed by atoms with Crippen molar-refractivity contribution in [2.75, 3.05) is 6.26 Å². The van der Waals surface area contributed by atoms with Gasteiger partial charge in [-0.3, -0.25) is 4.79 Å². The minimum absolute atomic E-state index is 0.0117. The number of cyclic esters (lactones) is 2. The van der Waals surface area contributed by atoms with Crippen LogP contribution in [-0.4, -0.2) is 42.6 Å². The number of benzene rings is 3. The average molecular weight is 677 g/mol. The van der Waals surface area contributed by atoms with E-state index in [0.717, 1.165) is 22.5 Å². The van der Waals surface area contributed by atoms with Gasteiger partial charge in [-0.25, -0.2) is 22.7 Å². The van der Waals surface area contributed by atoms with Crippen LogP contribution in [0.3, 0.4) is 0 Å². The number of hydrogen-bond donors (Lipinski definition) is 0. The minimum Gasteiger partial charge on any atom is -0.457 e. The van der Waals surface area contributed by atoms with Gasteiger partial charge in [-0.1, -0.05) is 40.2 Å². The summed E-state index contributed by atoms with van der Waals surface area (Å²) in [5.74, 6) is -0.742. The lowest BCUT2D eigenvalue weighted by molar-refractivity contribution is -0.143. The van der Waals surface area contributed by atoms with Crippen LogP contribution >= 0.6 is 15.9 Å². The Labute approximate surface area is 250 Å². The summed E-state index contributed by atoms with van der Waals surface area (Å²) in [6.07, 6.45) is -2.49. The predicted octanol–water partition coefficient (Wildman–Crippen LogP) is 5.33. The van der Waals surface area contributed by atoms with Crippen LogP contribution in [-0.2, 0) is 39.1 Å². The van der Waals surface area contributed by atoms with E-state index in [9.17, 15) is 36.0 Å². The summed E-state index contributed by atoms with van der Waals surface area (Å²) in [5, 5.41) is 3.67. The van der Waals surface area contributed by atoms with Crippen LogP contribution in [0.1, 0.15) is 31.8 Å². The van der Waals surface area contributed by atoms with Gasteiger partial charge in [0.05, 0.1) is 27.8 Å². The summed E-state index contributed by atoms with van der Waals surface area (Å²) in [7, 11) is -3.46. The first-order valence-corrected chi connectivity index (χ1v) is 15.1. The number of alkyl halides is 3. The highest BCUT2D eigenvalue weighted by molar-refractivity contribution is 9.10. The standard InChI is InChI=1S/C21H15F3N2O5S.C8H5BrO2/c1-32(29,30)15-5-2-12(3-6-15)17-9-25-26(11-21(22,23)24)19(27)18(17)13-4-7-16-14(8-13)10-31-20(16)28;9-6-2-1-5-4-11-8(10)7(5)3-6/h2-9H,10-11H2,1H3;1-3H,4H2. The highest BCUT2D eigenvalue weighted by atomic mass is 79.9. The zero-order chi connectivity index (χ0) is 31.1. The summed E-state index contributed by atoms with van der Waals surface area (Å²) in [5.41, 5.74) is 2.34. The second-order valence-corrected chi connectivity index (χ2v) is 12.6. The third-order valence-corrected chi connectivity index (χ3v) is 8.21. The molecule has 4 aromatic rings. The van der Waals surface area contributed by atoms with Crippen molar-refractivity contribution in [3.63, 3.8) is 0 Å². The Morgan fingerprint density at radius 3 is 2.12 bits per heavy atom. The largest absolute Gasteiger partial charge is 0.457 e. The molecule has 0 unspecified atom stereocenters. The van der Waals surface area contributed by atoms with Crippen LogP contribution < -0.4 is 5.56 Å². The molecule has 0 bridgehead atoms. The van der Waals surface area contributed by atoms with E-state index in [1.807, 2.05) is 12.1 Å². The molecule has 14 heteroatoms. The lowest BCUT2D eigenvalue weighted by Crippen LogP contribution is -2.31. The van der Waals surface area contributed by atoms with E-state index in [1.54, 1.807) is 6.07 Å². The van der Waals surface area contributed by atoms with Crippen molar-refractivity contribution in [1.29, 1.82) is 0 Å². The lowest BCUT2D eigenvalue weighted by Gasteiger charge is -2.14. The predicted molar refractivity (Wildman–Crippen MR) is 151 cm³/mol. The second kappa shape index (κ2) is 11.4. The maximum absolute atomic E-state index is 13.0. The van der Waals surface area contributed by atoms with Crippen LogP contribution in [0.25, 0.3) is 22.3 Å². The van der Waals surface area contributed by atoms with Crippen LogP contribution in [0, 0.1) is 0 Å². The number of sulfone groups is 1. The monoisotopic (exact) mass is 676 g/mol. The number of carbonyl (C=O) groups excluding carboxylic acids is 2. The maximum atomic E-state index is 13.0. The van der Waals surface area contributed by atoms with Crippen molar-refractivity contribution >= 4 is 37.7 Å². The molecule has 0 atom stereocenters. The van der Waals surface area contributed by atoms with Gasteiger partial charge in [0.2, 0.25) is 0 Å². The van der Waals surface area contributed by atoms with Gasteiger partial charge in [0, 0.05) is 27.4 Å². The highest BCUT2D eigenvalue weighted by Gasteiger charge is 2.31. The number of esters is 2. The zero-order valence-electron chi connectivity index (χ0n) is 22.1. The van der Waals surface area contributed by atoms with Gasteiger partial charge < -0.3 is 9.47 Å². The van der Waals surface area contributed by atoms with Crippen LogP contribution in [0.2, 0.25) is 0 Å².